The van der Waals surface area contributed by atoms with Gasteiger partial charge in [0.15, 0.2) is 0 Å². The fourth-order valence-electron chi connectivity index (χ4n) is 4.46. The van der Waals surface area contributed by atoms with Gasteiger partial charge >= 0.3 is 0 Å². The third-order valence-corrected chi connectivity index (χ3v) is 6.16. The van der Waals surface area contributed by atoms with Gasteiger partial charge in [-0.2, -0.15) is 0 Å². The number of carbonyl (C=O) groups is 1. The molecule has 0 saturated carbocycles. The lowest BCUT2D eigenvalue weighted by Crippen LogP contribution is -2.19. The number of nitrogens with one attached hydrogen (secondary N) is 2. The van der Waals surface area contributed by atoms with Crippen LogP contribution in [-0.4, -0.2) is 40.1 Å². The number of fused-ring (bicyclic) bond motifs is 1. The van der Waals surface area contributed by atoms with Crippen LogP contribution < -0.4 is 15.5 Å². The molecule has 7 nitrogen and oxygen atoms in total. The smallest absolute Gasteiger partial charge is 0.255 e. The van der Waals surface area contributed by atoms with E-state index in [4.69, 9.17) is 0 Å². The molecule has 184 valence electrons. The van der Waals surface area contributed by atoms with E-state index in [0.717, 1.165) is 37.0 Å². The molecule has 0 bridgehead atoms. The van der Waals surface area contributed by atoms with E-state index in [-0.39, 0.29) is 17.4 Å². The predicted molar refractivity (Wildman–Crippen MR) is 141 cm³/mol. The molecule has 0 atom stereocenters. The van der Waals surface area contributed by atoms with Crippen molar-refractivity contribution in [1.29, 1.82) is 0 Å². The topological polar surface area (TPSA) is 90.4 Å². The first-order valence-electron chi connectivity index (χ1n) is 12.1. The molecule has 2 heterocycles. The van der Waals surface area contributed by atoms with E-state index < -0.39 is 11.7 Å². The third-order valence-electron chi connectivity index (χ3n) is 6.16. The molecule has 3 N–H and O–H groups in total. The minimum absolute atomic E-state index is 0.0700. The number of hydrogen-bond acceptors (Lipinski definition) is 6. The number of carbonyl (C=O) groups excluding carboxylic acids is 1. The average Bonchev–Trinajstić information content (AvgIpc) is 3.38. The van der Waals surface area contributed by atoms with Crippen molar-refractivity contribution >= 4 is 34.1 Å². The summed E-state index contributed by atoms with van der Waals surface area (Å²) in [6.07, 6.45) is 3.84. The van der Waals surface area contributed by atoms with Crippen LogP contribution in [0.4, 0.5) is 21.7 Å². The number of anilines is 3. The first kappa shape index (κ1) is 23.5. The van der Waals surface area contributed by atoms with E-state index in [1.165, 1.54) is 12.1 Å². The molecule has 1 aliphatic heterocycles. The lowest BCUT2D eigenvalue weighted by molar-refractivity contribution is 0.102. The van der Waals surface area contributed by atoms with Crippen LogP contribution in [0.3, 0.4) is 0 Å². The van der Waals surface area contributed by atoms with Gasteiger partial charge in [0.2, 0.25) is 5.95 Å². The van der Waals surface area contributed by atoms with E-state index in [9.17, 15) is 14.3 Å². The summed E-state index contributed by atoms with van der Waals surface area (Å²) >= 11 is 0. The van der Waals surface area contributed by atoms with Crippen LogP contribution in [0.15, 0.2) is 60.8 Å². The number of nitrogens with zero attached hydrogens (tertiary/aromatic N) is 3. The first-order chi connectivity index (χ1) is 17.4. The zero-order valence-corrected chi connectivity index (χ0v) is 20.3. The molecule has 1 fully saturated rings. The quantitative estimate of drug-likeness (QED) is 0.319. The zero-order valence-electron chi connectivity index (χ0n) is 20.3. The van der Waals surface area contributed by atoms with Gasteiger partial charge in [0, 0.05) is 59.3 Å². The Kier molecular flexibility index (Phi) is 6.41. The van der Waals surface area contributed by atoms with Gasteiger partial charge in [-0.3, -0.25) is 4.79 Å². The molecule has 5 rings (SSSR count). The van der Waals surface area contributed by atoms with Crippen LogP contribution in [0.1, 0.15) is 37.0 Å². The first-order valence-corrected chi connectivity index (χ1v) is 12.1. The van der Waals surface area contributed by atoms with Crippen molar-refractivity contribution in [3.63, 3.8) is 0 Å². The highest BCUT2D eigenvalue weighted by molar-refractivity contribution is 6.05. The molecule has 1 saturated heterocycles. The summed E-state index contributed by atoms with van der Waals surface area (Å²) in [5.74, 6) is -0.262. The number of phenolic OH excluding ortho intramolecular Hbond substituents is 1. The van der Waals surface area contributed by atoms with Crippen LogP contribution >= 0.6 is 0 Å². The lowest BCUT2D eigenvalue weighted by Gasteiger charge is -2.18. The molecule has 1 aliphatic rings. The Hall–Kier alpha value is -4.20. The number of rotatable bonds is 6. The highest BCUT2D eigenvalue weighted by atomic mass is 19.1. The normalized spacial score (nSPS) is 13.4. The van der Waals surface area contributed by atoms with Crippen molar-refractivity contribution in [1.82, 2.24) is 9.97 Å². The van der Waals surface area contributed by atoms with Gasteiger partial charge in [-0.05, 0) is 68.7 Å². The Bertz CT molecular complexity index is 1430. The van der Waals surface area contributed by atoms with Crippen molar-refractivity contribution in [3.8, 4) is 16.9 Å². The van der Waals surface area contributed by atoms with E-state index in [1.807, 2.05) is 26.0 Å². The summed E-state index contributed by atoms with van der Waals surface area (Å²) in [5, 5.41) is 17.5. The monoisotopic (exact) mass is 485 g/mol. The molecule has 0 radical (unpaired) electrons. The molecule has 8 heteroatoms. The number of halogens is 1. The highest BCUT2D eigenvalue weighted by Crippen LogP contribution is 2.34. The highest BCUT2D eigenvalue weighted by Gasteiger charge is 2.17. The number of aromatic hydroxyl groups is 1. The molecule has 1 aromatic heterocycles. The fraction of sp³-hybridized carbons (Fsp3) is 0.250. The number of benzene rings is 3. The summed E-state index contributed by atoms with van der Waals surface area (Å²) in [4.78, 5) is 23.9. The molecule has 36 heavy (non-hydrogen) atoms. The minimum atomic E-state index is -0.437. The lowest BCUT2D eigenvalue weighted by atomic mass is 10.0. The van der Waals surface area contributed by atoms with Crippen LogP contribution in [-0.2, 0) is 0 Å². The van der Waals surface area contributed by atoms with Gasteiger partial charge in [0.05, 0.1) is 5.52 Å². The van der Waals surface area contributed by atoms with Crippen LogP contribution in [0, 0.1) is 5.82 Å². The second kappa shape index (κ2) is 9.81. The summed E-state index contributed by atoms with van der Waals surface area (Å²) in [6.45, 7) is 5.73. The Labute approximate surface area is 209 Å². The van der Waals surface area contributed by atoms with Crippen molar-refractivity contribution in [3.05, 3.63) is 72.2 Å². The Morgan fingerprint density at radius 3 is 2.67 bits per heavy atom. The van der Waals surface area contributed by atoms with Crippen molar-refractivity contribution in [2.24, 2.45) is 0 Å². The van der Waals surface area contributed by atoms with Crippen molar-refractivity contribution in [2.45, 2.75) is 32.7 Å². The number of amides is 1. The Balaban J connectivity index is 1.40. The maximum Gasteiger partial charge on any atom is 0.255 e. The number of aromatic nitrogens is 2. The molecular formula is C28H28FN5O2. The maximum atomic E-state index is 14.3. The standard InChI is InChI=1S/C28H28FN5O2/c1-17(2)31-28-30-16-20-13-24(26(35)15-25(20)33-28)18-6-5-7-22(11-18)32-27(36)19-10-21(29)14-23(12-19)34-8-3-4-9-34/h5-7,10-17,35H,3-4,8-9H2,1-2H3,(H,32,36)(H,30,31,33). The van der Waals surface area contributed by atoms with Gasteiger partial charge in [-0.15, -0.1) is 0 Å². The van der Waals surface area contributed by atoms with E-state index >= 15 is 0 Å². The van der Waals surface area contributed by atoms with Crippen LogP contribution in [0.2, 0.25) is 0 Å². The van der Waals surface area contributed by atoms with E-state index in [1.54, 1.807) is 36.5 Å². The molecular weight excluding hydrogens is 457 g/mol. The second-order valence-electron chi connectivity index (χ2n) is 9.35. The van der Waals surface area contributed by atoms with Gasteiger partial charge in [-0.25, -0.2) is 14.4 Å². The van der Waals surface area contributed by atoms with Crippen LogP contribution in [0.25, 0.3) is 22.0 Å². The molecule has 4 aromatic rings. The minimum Gasteiger partial charge on any atom is -0.507 e. The molecule has 3 aromatic carbocycles. The van der Waals surface area contributed by atoms with Crippen LogP contribution in [0.5, 0.6) is 5.75 Å². The van der Waals surface area contributed by atoms with Gasteiger partial charge in [0.1, 0.15) is 11.6 Å². The molecule has 0 spiro atoms. The fourth-order valence-corrected chi connectivity index (χ4v) is 4.46. The van der Waals surface area contributed by atoms with E-state index in [2.05, 4.69) is 25.5 Å². The average molecular weight is 486 g/mol. The predicted octanol–water partition coefficient (Wildman–Crippen LogP) is 5.81. The Morgan fingerprint density at radius 2 is 1.89 bits per heavy atom. The Morgan fingerprint density at radius 1 is 1.08 bits per heavy atom. The van der Waals surface area contributed by atoms with Gasteiger partial charge in [0.25, 0.3) is 5.91 Å². The third kappa shape index (κ3) is 5.07. The zero-order chi connectivity index (χ0) is 25.2. The summed E-state index contributed by atoms with van der Waals surface area (Å²) in [6, 6.07) is 15.2. The number of hydrogen-bond donors (Lipinski definition) is 3. The van der Waals surface area contributed by atoms with Crippen molar-refractivity contribution in [2.75, 3.05) is 28.6 Å². The molecule has 0 aliphatic carbocycles. The van der Waals surface area contributed by atoms with E-state index in [0.29, 0.717) is 28.3 Å². The van der Waals surface area contributed by atoms with Gasteiger partial charge < -0.3 is 20.6 Å². The summed E-state index contributed by atoms with van der Waals surface area (Å²) < 4.78 is 14.3. The second-order valence-corrected chi connectivity index (χ2v) is 9.35. The van der Waals surface area contributed by atoms with Gasteiger partial charge in [-0.1, -0.05) is 12.1 Å². The molecule has 1 amide bonds. The van der Waals surface area contributed by atoms with Crippen molar-refractivity contribution < 1.29 is 14.3 Å². The largest absolute Gasteiger partial charge is 0.507 e. The maximum absolute atomic E-state index is 14.3. The molecule has 0 unspecified atom stereocenters. The summed E-state index contributed by atoms with van der Waals surface area (Å²) in [5.41, 5.74) is 3.46. The SMILES string of the molecule is CC(C)Nc1ncc2cc(-c3cccc(NC(=O)c4cc(F)cc(N5CCCC5)c4)c3)c(O)cc2n1. The summed E-state index contributed by atoms with van der Waals surface area (Å²) in [7, 11) is 0. The number of phenols is 1.